The molecular formula is C11H14N4S2. The van der Waals surface area contributed by atoms with E-state index < -0.39 is 0 Å². The summed E-state index contributed by atoms with van der Waals surface area (Å²) in [5.74, 6) is 1.42. The van der Waals surface area contributed by atoms with Crippen LogP contribution in [-0.2, 0) is 0 Å². The summed E-state index contributed by atoms with van der Waals surface area (Å²) in [7, 11) is 0. The van der Waals surface area contributed by atoms with Gasteiger partial charge in [-0.3, -0.25) is 0 Å². The Kier molecular flexibility index (Phi) is 2.76. The zero-order chi connectivity index (χ0) is 11.8. The van der Waals surface area contributed by atoms with E-state index in [9.17, 15) is 0 Å². The fourth-order valence-electron chi connectivity index (χ4n) is 1.66. The lowest BCUT2D eigenvalue weighted by atomic mass is 10.3. The molecule has 6 heteroatoms. The molecule has 1 fully saturated rings. The molecule has 2 aromatic heterocycles. The van der Waals surface area contributed by atoms with Crippen LogP contribution in [0.4, 0.5) is 10.8 Å². The van der Waals surface area contributed by atoms with Crippen LogP contribution in [-0.4, -0.2) is 15.9 Å². The third-order valence-corrected chi connectivity index (χ3v) is 4.60. The smallest absolute Gasteiger partial charge is 0.149 e. The van der Waals surface area contributed by atoms with Gasteiger partial charge in [0.25, 0.3) is 0 Å². The van der Waals surface area contributed by atoms with Gasteiger partial charge in [-0.15, -0.1) is 11.3 Å². The molecule has 1 saturated carbocycles. The SMILES string of the molecule is Cc1csc(-c2c(N)nsc2NCC2CC2)n1. The van der Waals surface area contributed by atoms with Crippen LogP contribution in [0.25, 0.3) is 10.6 Å². The lowest BCUT2D eigenvalue weighted by Gasteiger charge is -2.03. The van der Waals surface area contributed by atoms with Crippen molar-refractivity contribution in [3.63, 3.8) is 0 Å². The van der Waals surface area contributed by atoms with Gasteiger partial charge in [-0.05, 0) is 37.2 Å². The van der Waals surface area contributed by atoms with E-state index in [-0.39, 0.29) is 0 Å². The predicted octanol–water partition coefficient (Wildman–Crippen LogP) is 2.98. The van der Waals surface area contributed by atoms with Crippen LogP contribution in [0, 0.1) is 12.8 Å². The van der Waals surface area contributed by atoms with E-state index in [0.29, 0.717) is 5.82 Å². The van der Waals surface area contributed by atoms with Gasteiger partial charge in [0.1, 0.15) is 15.8 Å². The summed E-state index contributed by atoms with van der Waals surface area (Å²) in [6.45, 7) is 3.02. The largest absolute Gasteiger partial charge is 0.382 e. The minimum Gasteiger partial charge on any atom is -0.382 e. The van der Waals surface area contributed by atoms with E-state index in [1.165, 1.54) is 24.4 Å². The molecule has 2 aromatic rings. The molecule has 0 saturated heterocycles. The highest BCUT2D eigenvalue weighted by atomic mass is 32.1. The molecule has 0 aliphatic heterocycles. The first kappa shape index (κ1) is 11.0. The molecule has 0 radical (unpaired) electrons. The number of nitrogens with two attached hydrogens (primary N) is 1. The topological polar surface area (TPSA) is 63.8 Å². The molecule has 17 heavy (non-hydrogen) atoms. The first-order valence-corrected chi connectivity index (χ1v) is 7.31. The van der Waals surface area contributed by atoms with Gasteiger partial charge in [-0.1, -0.05) is 0 Å². The Balaban J connectivity index is 1.88. The molecule has 3 rings (SSSR count). The summed E-state index contributed by atoms with van der Waals surface area (Å²) in [6, 6.07) is 0. The predicted molar refractivity (Wildman–Crippen MR) is 73.6 cm³/mol. The zero-order valence-corrected chi connectivity index (χ0v) is 11.2. The van der Waals surface area contributed by atoms with Crippen molar-refractivity contribution in [3.05, 3.63) is 11.1 Å². The third kappa shape index (κ3) is 2.28. The summed E-state index contributed by atoms with van der Waals surface area (Å²) in [5, 5.41) is 7.51. The maximum absolute atomic E-state index is 5.93. The Bertz CT molecular complexity index is 527. The number of aryl methyl sites for hydroxylation is 1. The lowest BCUT2D eigenvalue weighted by Crippen LogP contribution is -2.02. The van der Waals surface area contributed by atoms with Crippen LogP contribution in [0.2, 0.25) is 0 Å². The summed E-state index contributed by atoms with van der Waals surface area (Å²) >= 11 is 3.05. The molecule has 1 aliphatic carbocycles. The number of nitrogen functional groups attached to an aromatic ring is 1. The monoisotopic (exact) mass is 266 g/mol. The zero-order valence-electron chi connectivity index (χ0n) is 9.56. The van der Waals surface area contributed by atoms with Crippen LogP contribution in [0.3, 0.4) is 0 Å². The summed E-state index contributed by atoms with van der Waals surface area (Å²) in [4.78, 5) is 4.48. The van der Waals surface area contributed by atoms with Crippen molar-refractivity contribution in [2.45, 2.75) is 19.8 Å². The van der Waals surface area contributed by atoms with Crippen molar-refractivity contribution in [3.8, 4) is 10.6 Å². The molecule has 0 bridgehead atoms. The maximum atomic E-state index is 5.93. The number of hydrogen-bond donors (Lipinski definition) is 2. The Morgan fingerprint density at radius 3 is 3.00 bits per heavy atom. The van der Waals surface area contributed by atoms with E-state index in [2.05, 4.69) is 14.7 Å². The molecule has 0 unspecified atom stereocenters. The lowest BCUT2D eigenvalue weighted by molar-refractivity contribution is 0.892. The van der Waals surface area contributed by atoms with E-state index >= 15 is 0 Å². The van der Waals surface area contributed by atoms with Crippen molar-refractivity contribution in [1.82, 2.24) is 9.36 Å². The van der Waals surface area contributed by atoms with E-state index in [1.807, 2.05) is 12.3 Å². The highest BCUT2D eigenvalue weighted by Gasteiger charge is 2.23. The maximum Gasteiger partial charge on any atom is 0.149 e. The molecule has 0 spiro atoms. The Labute approximate surface area is 108 Å². The second kappa shape index (κ2) is 4.27. The third-order valence-electron chi connectivity index (χ3n) is 2.80. The number of anilines is 2. The van der Waals surface area contributed by atoms with Crippen molar-refractivity contribution < 1.29 is 0 Å². The Morgan fingerprint density at radius 2 is 2.35 bits per heavy atom. The van der Waals surface area contributed by atoms with Crippen LogP contribution in [0.1, 0.15) is 18.5 Å². The molecule has 0 aromatic carbocycles. The molecule has 1 aliphatic rings. The Morgan fingerprint density at radius 1 is 1.53 bits per heavy atom. The minimum atomic E-state index is 0.586. The van der Waals surface area contributed by atoms with Gasteiger partial charge in [0.2, 0.25) is 0 Å². The summed E-state index contributed by atoms with van der Waals surface area (Å²) in [5.41, 5.74) is 7.94. The quantitative estimate of drug-likeness (QED) is 0.893. The van der Waals surface area contributed by atoms with Gasteiger partial charge in [0, 0.05) is 17.6 Å². The van der Waals surface area contributed by atoms with Crippen LogP contribution >= 0.6 is 22.9 Å². The Hall–Kier alpha value is -1.14. The number of nitrogens with zero attached hydrogens (tertiary/aromatic N) is 2. The van der Waals surface area contributed by atoms with Gasteiger partial charge in [-0.2, -0.15) is 4.37 Å². The summed E-state index contributed by atoms with van der Waals surface area (Å²) in [6.07, 6.45) is 2.68. The number of thiazole rings is 1. The number of hydrogen-bond acceptors (Lipinski definition) is 6. The second-order valence-electron chi connectivity index (χ2n) is 4.39. The molecule has 4 nitrogen and oxygen atoms in total. The van der Waals surface area contributed by atoms with Crippen molar-refractivity contribution in [2.24, 2.45) is 5.92 Å². The van der Waals surface area contributed by atoms with Crippen LogP contribution in [0.5, 0.6) is 0 Å². The van der Waals surface area contributed by atoms with Gasteiger partial charge < -0.3 is 11.1 Å². The molecular weight excluding hydrogens is 252 g/mol. The number of rotatable bonds is 4. The van der Waals surface area contributed by atoms with Crippen molar-refractivity contribution in [2.75, 3.05) is 17.6 Å². The van der Waals surface area contributed by atoms with Crippen molar-refractivity contribution in [1.29, 1.82) is 0 Å². The summed E-state index contributed by atoms with van der Waals surface area (Å²) < 4.78 is 4.22. The van der Waals surface area contributed by atoms with Crippen molar-refractivity contribution >= 4 is 33.7 Å². The second-order valence-corrected chi connectivity index (χ2v) is 6.02. The average molecular weight is 266 g/mol. The van der Waals surface area contributed by atoms with Crippen LogP contribution in [0.15, 0.2) is 5.38 Å². The fourth-order valence-corrected chi connectivity index (χ4v) is 3.30. The van der Waals surface area contributed by atoms with E-state index in [1.54, 1.807) is 11.3 Å². The van der Waals surface area contributed by atoms with Crippen LogP contribution < -0.4 is 11.1 Å². The molecule has 90 valence electrons. The van der Waals surface area contributed by atoms with Gasteiger partial charge in [0.05, 0.1) is 5.56 Å². The minimum absolute atomic E-state index is 0.586. The van der Waals surface area contributed by atoms with Gasteiger partial charge in [0.15, 0.2) is 0 Å². The highest BCUT2D eigenvalue weighted by molar-refractivity contribution is 7.15. The highest BCUT2D eigenvalue weighted by Crippen LogP contribution is 2.39. The van der Waals surface area contributed by atoms with E-state index in [4.69, 9.17) is 5.73 Å². The van der Waals surface area contributed by atoms with Gasteiger partial charge >= 0.3 is 0 Å². The molecule has 0 amide bonds. The average Bonchev–Trinajstić information content (AvgIpc) is 2.93. The van der Waals surface area contributed by atoms with Gasteiger partial charge in [-0.25, -0.2) is 4.98 Å². The first-order chi connectivity index (χ1) is 8.24. The molecule has 0 atom stereocenters. The first-order valence-electron chi connectivity index (χ1n) is 5.65. The fraction of sp³-hybridized carbons (Fsp3) is 0.455. The number of aromatic nitrogens is 2. The normalized spacial score (nSPS) is 15.1. The molecule has 3 N–H and O–H groups in total. The number of nitrogens with one attached hydrogen (secondary N) is 1. The van der Waals surface area contributed by atoms with E-state index in [0.717, 1.165) is 33.7 Å². The standard InChI is InChI=1S/C11H14N4S2/c1-6-5-16-11(14-6)8-9(12)15-17-10(8)13-4-7-2-3-7/h5,7,13H,2-4H2,1H3,(H2,12,15). The molecule has 2 heterocycles.